The molecule has 2 amide bonds. The van der Waals surface area contributed by atoms with Crippen molar-refractivity contribution >= 4 is 39.1 Å². The van der Waals surface area contributed by atoms with Gasteiger partial charge in [-0.1, -0.05) is 47.6 Å². The molecule has 0 fully saturated rings. The quantitative estimate of drug-likeness (QED) is 0.572. The summed E-state index contributed by atoms with van der Waals surface area (Å²) in [5, 5.41) is 0. The van der Waals surface area contributed by atoms with Crippen molar-refractivity contribution in [2.24, 2.45) is 5.92 Å². The molecule has 0 radical (unpaired) electrons. The van der Waals surface area contributed by atoms with Gasteiger partial charge in [-0.3, -0.25) is 9.59 Å². The average Bonchev–Trinajstić information content (AvgIpc) is 2.80. The van der Waals surface area contributed by atoms with E-state index in [1.54, 1.807) is 35.1 Å². The molecule has 1 heterocycles. The summed E-state index contributed by atoms with van der Waals surface area (Å²) < 4.78 is 0. The molecule has 2 aromatic carbocycles. The molecular weight excluding hydrogens is 326 g/mol. The number of amides is 2. The van der Waals surface area contributed by atoms with Gasteiger partial charge in [-0.05, 0) is 42.3 Å². The standard InChI is InChI=1S/C18H17NO2S2/c1-12(2)11-22-23-14-9-7-13(8-10-14)19-17(20)15-5-3-4-6-16(15)18(19)21/h3-10,12H,11H2,1-2H3. The fourth-order valence-electron chi connectivity index (χ4n) is 2.31. The molecule has 0 saturated carbocycles. The van der Waals surface area contributed by atoms with Crippen molar-refractivity contribution in [3.63, 3.8) is 0 Å². The second-order valence-electron chi connectivity index (χ2n) is 5.75. The Morgan fingerprint density at radius 1 is 0.913 bits per heavy atom. The smallest absolute Gasteiger partial charge is 0.266 e. The first-order chi connectivity index (χ1) is 11.1. The number of hydrogen-bond acceptors (Lipinski definition) is 4. The van der Waals surface area contributed by atoms with Gasteiger partial charge in [0.15, 0.2) is 0 Å². The van der Waals surface area contributed by atoms with Crippen LogP contribution in [0.5, 0.6) is 0 Å². The molecule has 5 heteroatoms. The number of benzene rings is 2. The molecule has 3 nitrogen and oxygen atoms in total. The minimum atomic E-state index is -0.250. The zero-order valence-corrected chi connectivity index (χ0v) is 14.6. The lowest BCUT2D eigenvalue weighted by molar-refractivity contribution is 0.0926. The van der Waals surface area contributed by atoms with Crippen LogP contribution in [0.25, 0.3) is 0 Å². The Hall–Kier alpha value is -1.72. The third-order valence-corrected chi connectivity index (χ3v) is 6.17. The van der Waals surface area contributed by atoms with E-state index in [1.165, 1.54) is 4.90 Å². The third-order valence-electron chi connectivity index (χ3n) is 3.45. The van der Waals surface area contributed by atoms with Crippen molar-refractivity contribution in [1.29, 1.82) is 0 Å². The Morgan fingerprint density at radius 3 is 2.00 bits per heavy atom. The minimum absolute atomic E-state index is 0.250. The lowest BCUT2D eigenvalue weighted by Gasteiger charge is -2.14. The lowest BCUT2D eigenvalue weighted by atomic mass is 10.1. The molecule has 0 aromatic heterocycles. The lowest BCUT2D eigenvalue weighted by Crippen LogP contribution is -2.29. The number of rotatable bonds is 5. The SMILES string of the molecule is CC(C)CSSc1ccc(N2C(=O)c3ccccc3C2=O)cc1. The fraction of sp³-hybridized carbons (Fsp3) is 0.222. The molecule has 0 N–H and O–H groups in total. The molecule has 1 aliphatic heterocycles. The second kappa shape index (κ2) is 6.81. The van der Waals surface area contributed by atoms with Crippen LogP contribution < -0.4 is 4.90 Å². The van der Waals surface area contributed by atoms with E-state index in [1.807, 2.05) is 35.1 Å². The molecule has 1 aliphatic rings. The summed E-state index contributed by atoms with van der Waals surface area (Å²) in [7, 11) is 3.53. The summed E-state index contributed by atoms with van der Waals surface area (Å²) in [6.45, 7) is 4.39. The molecule has 118 valence electrons. The Balaban J connectivity index is 1.76. The minimum Gasteiger partial charge on any atom is -0.268 e. The maximum atomic E-state index is 12.4. The van der Waals surface area contributed by atoms with Gasteiger partial charge in [0.25, 0.3) is 11.8 Å². The third kappa shape index (κ3) is 3.31. The van der Waals surface area contributed by atoms with Crippen molar-refractivity contribution < 1.29 is 9.59 Å². The van der Waals surface area contributed by atoms with Crippen LogP contribution in [0, 0.1) is 5.92 Å². The van der Waals surface area contributed by atoms with E-state index in [9.17, 15) is 9.59 Å². The molecule has 0 atom stereocenters. The van der Waals surface area contributed by atoms with Crippen LogP contribution in [0.4, 0.5) is 5.69 Å². The van der Waals surface area contributed by atoms with Crippen molar-refractivity contribution in [2.45, 2.75) is 18.7 Å². The Bertz CT molecular complexity index is 706. The highest BCUT2D eigenvalue weighted by Gasteiger charge is 2.36. The van der Waals surface area contributed by atoms with Gasteiger partial charge in [0.2, 0.25) is 0 Å². The van der Waals surface area contributed by atoms with Gasteiger partial charge in [-0.2, -0.15) is 0 Å². The molecule has 0 spiro atoms. The maximum Gasteiger partial charge on any atom is 0.266 e. The van der Waals surface area contributed by atoms with Gasteiger partial charge in [-0.25, -0.2) is 4.90 Å². The largest absolute Gasteiger partial charge is 0.268 e. The zero-order valence-electron chi connectivity index (χ0n) is 13.0. The highest BCUT2D eigenvalue weighted by Crippen LogP contribution is 2.34. The molecule has 2 aromatic rings. The number of imide groups is 1. The summed E-state index contributed by atoms with van der Waals surface area (Å²) >= 11 is 0. The molecular formula is C18H17NO2S2. The molecule has 0 aliphatic carbocycles. The van der Waals surface area contributed by atoms with Crippen LogP contribution in [-0.2, 0) is 0 Å². The Labute approximate surface area is 143 Å². The van der Waals surface area contributed by atoms with Gasteiger partial charge >= 0.3 is 0 Å². The number of fused-ring (bicyclic) bond motifs is 1. The summed E-state index contributed by atoms with van der Waals surface area (Å²) in [6, 6.07) is 14.5. The number of anilines is 1. The number of hydrogen-bond donors (Lipinski definition) is 0. The highest BCUT2D eigenvalue weighted by molar-refractivity contribution is 8.76. The predicted molar refractivity (Wildman–Crippen MR) is 97.2 cm³/mol. The van der Waals surface area contributed by atoms with E-state index in [0.29, 0.717) is 22.7 Å². The maximum absolute atomic E-state index is 12.4. The van der Waals surface area contributed by atoms with E-state index in [0.717, 1.165) is 10.6 Å². The highest BCUT2D eigenvalue weighted by atomic mass is 33.1. The van der Waals surface area contributed by atoms with Crippen LogP contribution in [-0.4, -0.2) is 17.6 Å². The van der Waals surface area contributed by atoms with Crippen LogP contribution >= 0.6 is 21.6 Å². The molecule has 23 heavy (non-hydrogen) atoms. The van der Waals surface area contributed by atoms with Crippen molar-refractivity contribution in [1.82, 2.24) is 0 Å². The normalized spacial score (nSPS) is 13.8. The monoisotopic (exact) mass is 343 g/mol. The molecule has 3 rings (SSSR count). The van der Waals surface area contributed by atoms with E-state index >= 15 is 0 Å². The molecule has 0 saturated heterocycles. The topological polar surface area (TPSA) is 37.4 Å². The summed E-state index contributed by atoms with van der Waals surface area (Å²) in [6.07, 6.45) is 0. The van der Waals surface area contributed by atoms with Crippen molar-refractivity contribution in [2.75, 3.05) is 10.7 Å². The van der Waals surface area contributed by atoms with E-state index in [-0.39, 0.29) is 11.8 Å². The first-order valence-electron chi connectivity index (χ1n) is 7.45. The van der Waals surface area contributed by atoms with Crippen molar-refractivity contribution in [3.05, 3.63) is 59.7 Å². The fourth-order valence-corrected chi connectivity index (χ4v) is 4.80. The van der Waals surface area contributed by atoms with Crippen molar-refractivity contribution in [3.8, 4) is 0 Å². The summed E-state index contributed by atoms with van der Waals surface area (Å²) in [5.41, 5.74) is 1.57. The van der Waals surface area contributed by atoms with E-state index in [4.69, 9.17) is 0 Å². The van der Waals surface area contributed by atoms with Crippen LogP contribution in [0.2, 0.25) is 0 Å². The number of nitrogens with zero attached hydrogens (tertiary/aromatic N) is 1. The van der Waals surface area contributed by atoms with Gasteiger partial charge < -0.3 is 0 Å². The molecule has 0 bridgehead atoms. The Kier molecular flexibility index (Phi) is 4.78. The first-order valence-corrected chi connectivity index (χ1v) is 9.77. The zero-order chi connectivity index (χ0) is 16.4. The van der Waals surface area contributed by atoms with Crippen LogP contribution in [0.15, 0.2) is 53.4 Å². The average molecular weight is 343 g/mol. The second-order valence-corrected chi connectivity index (χ2v) is 8.16. The molecule has 0 unspecified atom stereocenters. The number of carbonyl (C=O) groups excluding carboxylic acids is 2. The first kappa shape index (κ1) is 16.1. The Morgan fingerprint density at radius 2 is 1.48 bits per heavy atom. The van der Waals surface area contributed by atoms with E-state index < -0.39 is 0 Å². The predicted octanol–water partition coefficient (Wildman–Crippen LogP) is 4.88. The van der Waals surface area contributed by atoms with Gasteiger partial charge in [0.05, 0.1) is 16.8 Å². The van der Waals surface area contributed by atoms with E-state index in [2.05, 4.69) is 13.8 Å². The van der Waals surface area contributed by atoms with Crippen LogP contribution in [0.1, 0.15) is 34.6 Å². The van der Waals surface area contributed by atoms with Crippen LogP contribution in [0.3, 0.4) is 0 Å². The van der Waals surface area contributed by atoms with Gasteiger partial charge in [-0.15, -0.1) is 0 Å². The van der Waals surface area contributed by atoms with Gasteiger partial charge in [0, 0.05) is 10.6 Å². The summed E-state index contributed by atoms with van der Waals surface area (Å²) in [4.78, 5) is 27.2. The number of carbonyl (C=O) groups is 2. The van der Waals surface area contributed by atoms with Gasteiger partial charge in [0.1, 0.15) is 0 Å². The summed E-state index contributed by atoms with van der Waals surface area (Å²) in [5.74, 6) is 1.25.